The molecule has 7 nitrogen and oxygen atoms in total. The Kier molecular flexibility index (Phi) is 5.07. The fraction of sp³-hybridized carbons (Fsp3) is 0.583. The van der Waals surface area contributed by atoms with Crippen LogP contribution in [-0.2, 0) is 14.8 Å². The van der Waals surface area contributed by atoms with E-state index in [0.29, 0.717) is 18.7 Å². The smallest absolute Gasteiger partial charge is 0.407 e. The lowest BCUT2D eigenvalue weighted by Gasteiger charge is -2.31. The average Bonchev–Trinajstić information content (AvgIpc) is 2.87. The number of anilines is 1. The summed E-state index contributed by atoms with van der Waals surface area (Å²) in [6.07, 6.45) is 0.913. The first-order chi connectivity index (χ1) is 9.93. The van der Waals surface area contributed by atoms with Crippen LogP contribution < -0.4 is 11.1 Å². The van der Waals surface area contributed by atoms with Crippen molar-refractivity contribution in [2.45, 2.75) is 30.0 Å². The molecular weight excluding hydrogens is 314 g/mol. The van der Waals surface area contributed by atoms with Crippen LogP contribution in [0.4, 0.5) is 10.5 Å². The van der Waals surface area contributed by atoms with Gasteiger partial charge in [0.2, 0.25) is 0 Å². The summed E-state index contributed by atoms with van der Waals surface area (Å²) < 4.78 is 31.4. The minimum absolute atomic E-state index is 0.232. The largest absolute Gasteiger partial charge is 0.450 e. The van der Waals surface area contributed by atoms with Crippen molar-refractivity contribution < 1.29 is 17.9 Å². The molecule has 1 saturated heterocycles. The van der Waals surface area contributed by atoms with E-state index in [0.717, 1.165) is 17.8 Å². The van der Waals surface area contributed by atoms with Crippen LogP contribution in [0, 0.1) is 0 Å². The van der Waals surface area contributed by atoms with Gasteiger partial charge in [0.05, 0.1) is 6.61 Å². The first-order valence-corrected chi connectivity index (χ1v) is 9.03. The summed E-state index contributed by atoms with van der Waals surface area (Å²) in [7, 11) is -3.54. The molecule has 0 aliphatic carbocycles. The van der Waals surface area contributed by atoms with Gasteiger partial charge in [0.1, 0.15) is 4.21 Å². The molecule has 0 saturated carbocycles. The summed E-state index contributed by atoms with van der Waals surface area (Å²) in [4.78, 5) is 11.4. The zero-order valence-electron chi connectivity index (χ0n) is 11.7. The highest BCUT2D eigenvalue weighted by atomic mass is 32.2. The van der Waals surface area contributed by atoms with Crippen molar-refractivity contribution in [1.82, 2.24) is 9.62 Å². The Bertz CT molecular complexity index is 599. The van der Waals surface area contributed by atoms with E-state index in [1.165, 1.54) is 10.4 Å². The molecular formula is C12H19N3O4S2. The monoisotopic (exact) mass is 333 g/mol. The Morgan fingerprint density at radius 3 is 3.00 bits per heavy atom. The molecule has 0 radical (unpaired) electrons. The Hall–Kier alpha value is -1.32. The third-order valence-electron chi connectivity index (χ3n) is 3.17. The van der Waals surface area contributed by atoms with Gasteiger partial charge in [0, 0.05) is 30.2 Å². The molecule has 1 amide bonds. The third-order valence-corrected chi connectivity index (χ3v) is 6.47. The minimum atomic E-state index is -3.54. The number of nitrogens with two attached hydrogens (primary N) is 1. The zero-order chi connectivity index (χ0) is 15.5. The summed E-state index contributed by atoms with van der Waals surface area (Å²) in [5.41, 5.74) is 6.03. The lowest BCUT2D eigenvalue weighted by molar-refractivity contribution is 0.142. The number of hydrogen-bond donors (Lipinski definition) is 2. The van der Waals surface area contributed by atoms with Gasteiger partial charge in [-0.3, -0.25) is 0 Å². The van der Waals surface area contributed by atoms with E-state index >= 15 is 0 Å². The van der Waals surface area contributed by atoms with Crippen LogP contribution in [0.2, 0.25) is 0 Å². The first-order valence-electron chi connectivity index (χ1n) is 6.71. The van der Waals surface area contributed by atoms with Gasteiger partial charge < -0.3 is 15.8 Å². The highest BCUT2D eigenvalue weighted by Gasteiger charge is 2.31. The van der Waals surface area contributed by atoms with Crippen LogP contribution in [0.15, 0.2) is 15.7 Å². The second kappa shape index (κ2) is 6.63. The van der Waals surface area contributed by atoms with Gasteiger partial charge in [-0.2, -0.15) is 4.31 Å². The van der Waals surface area contributed by atoms with Crippen LogP contribution in [0.1, 0.15) is 19.8 Å². The number of amides is 1. The van der Waals surface area contributed by atoms with Crippen molar-refractivity contribution in [3.05, 3.63) is 11.4 Å². The Labute approximate surface area is 128 Å². The quantitative estimate of drug-likeness (QED) is 0.863. The molecule has 0 bridgehead atoms. The van der Waals surface area contributed by atoms with E-state index in [2.05, 4.69) is 5.32 Å². The first kappa shape index (κ1) is 16.1. The van der Waals surface area contributed by atoms with Gasteiger partial charge in [0.15, 0.2) is 0 Å². The Morgan fingerprint density at radius 1 is 1.62 bits per heavy atom. The number of sulfonamides is 1. The molecule has 9 heteroatoms. The van der Waals surface area contributed by atoms with E-state index in [-0.39, 0.29) is 23.4 Å². The molecule has 21 heavy (non-hydrogen) atoms. The summed E-state index contributed by atoms with van der Waals surface area (Å²) in [5, 5.41) is 4.29. The summed E-state index contributed by atoms with van der Waals surface area (Å²) in [5.74, 6) is 0. The van der Waals surface area contributed by atoms with Gasteiger partial charge >= 0.3 is 6.09 Å². The maximum absolute atomic E-state index is 12.5. The van der Waals surface area contributed by atoms with Crippen molar-refractivity contribution >= 4 is 33.1 Å². The van der Waals surface area contributed by atoms with Crippen LogP contribution in [0.3, 0.4) is 0 Å². The molecule has 1 unspecified atom stereocenters. The lowest BCUT2D eigenvalue weighted by atomic mass is 10.1. The summed E-state index contributed by atoms with van der Waals surface area (Å²) in [6, 6.07) is 1.23. The molecule has 0 spiro atoms. The molecule has 3 N–H and O–H groups in total. The molecule has 1 aromatic heterocycles. The molecule has 2 rings (SSSR count). The van der Waals surface area contributed by atoms with Crippen molar-refractivity contribution in [2.24, 2.45) is 0 Å². The van der Waals surface area contributed by atoms with Crippen LogP contribution in [0.5, 0.6) is 0 Å². The average molecular weight is 333 g/mol. The lowest BCUT2D eigenvalue weighted by Crippen LogP contribution is -2.49. The van der Waals surface area contributed by atoms with E-state index in [1.807, 2.05) is 0 Å². The van der Waals surface area contributed by atoms with E-state index < -0.39 is 16.1 Å². The predicted molar refractivity (Wildman–Crippen MR) is 80.7 cm³/mol. The number of hydrogen-bond acceptors (Lipinski definition) is 6. The third kappa shape index (κ3) is 3.86. The van der Waals surface area contributed by atoms with Gasteiger partial charge in [-0.25, -0.2) is 13.2 Å². The molecule has 1 fully saturated rings. The van der Waals surface area contributed by atoms with E-state index in [9.17, 15) is 13.2 Å². The number of carbonyl (C=O) groups excluding carboxylic acids is 1. The van der Waals surface area contributed by atoms with Crippen molar-refractivity contribution in [1.29, 1.82) is 0 Å². The fourth-order valence-corrected chi connectivity index (χ4v) is 4.97. The number of alkyl carbamates (subject to hydrolysis) is 1. The molecule has 1 aromatic rings. The number of carbonyl (C=O) groups is 1. The number of thiophene rings is 1. The highest BCUT2D eigenvalue weighted by Crippen LogP contribution is 2.27. The van der Waals surface area contributed by atoms with E-state index in [1.54, 1.807) is 12.3 Å². The maximum Gasteiger partial charge on any atom is 0.407 e. The number of nitrogens with zero attached hydrogens (tertiary/aromatic N) is 1. The second-order valence-electron chi connectivity index (χ2n) is 4.77. The normalized spacial score (nSPS) is 20.1. The van der Waals surface area contributed by atoms with Crippen LogP contribution in [-0.4, -0.2) is 44.6 Å². The number of nitrogen functional groups attached to an aromatic ring is 1. The molecule has 0 aromatic carbocycles. The number of rotatable bonds is 4. The van der Waals surface area contributed by atoms with Gasteiger partial charge in [-0.15, -0.1) is 11.3 Å². The maximum atomic E-state index is 12.5. The fourth-order valence-electron chi connectivity index (χ4n) is 2.21. The molecule has 1 atom stereocenters. The van der Waals surface area contributed by atoms with Crippen LogP contribution >= 0.6 is 11.3 Å². The number of piperidine rings is 1. The Balaban J connectivity index is 2.05. The van der Waals surface area contributed by atoms with E-state index in [4.69, 9.17) is 10.5 Å². The predicted octanol–water partition coefficient (Wildman–Crippen LogP) is 1.23. The van der Waals surface area contributed by atoms with Crippen LogP contribution in [0.25, 0.3) is 0 Å². The molecule has 2 heterocycles. The van der Waals surface area contributed by atoms with Gasteiger partial charge in [0.25, 0.3) is 10.0 Å². The van der Waals surface area contributed by atoms with Crippen molar-refractivity contribution in [2.75, 3.05) is 25.4 Å². The van der Waals surface area contributed by atoms with Gasteiger partial charge in [-0.05, 0) is 25.8 Å². The highest BCUT2D eigenvalue weighted by molar-refractivity contribution is 7.91. The molecule has 118 valence electrons. The summed E-state index contributed by atoms with van der Waals surface area (Å²) >= 11 is 1.11. The van der Waals surface area contributed by atoms with Crippen molar-refractivity contribution in [3.8, 4) is 0 Å². The number of ether oxygens (including phenoxy) is 1. The molecule has 1 aliphatic heterocycles. The SMILES string of the molecule is CCOC(=O)NC1CCCN(S(=O)(=O)c2cc(N)cs2)C1. The zero-order valence-corrected chi connectivity index (χ0v) is 13.4. The second-order valence-corrected chi connectivity index (χ2v) is 7.84. The standard InChI is InChI=1S/C12H19N3O4S2/c1-2-19-12(16)14-10-4-3-5-15(7-10)21(17,18)11-6-9(13)8-20-11/h6,8,10H,2-5,7,13H2,1H3,(H,14,16). The van der Waals surface area contributed by atoms with Crippen molar-refractivity contribution in [3.63, 3.8) is 0 Å². The topological polar surface area (TPSA) is 102 Å². The number of nitrogens with one attached hydrogen (secondary N) is 1. The molecule has 1 aliphatic rings. The summed E-state index contributed by atoms with van der Waals surface area (Å²) in [6.45, 7) is 2.70. The minimum Gasteiger partial charge on any atom is -0.450 e. The van der Waals surface area contributed by atoms with Gasteiger partial charge in [-0.1, -0.05) is 0 Å². The Morgan fingerprint density at radius 2 is 2.38 bits per heavy atom.